The molecule has 0 heterocycles. The molecule has 1 fully saturated rings. The van der Waals surface area contributed by atoms with Gasteiger partial charge in [0.15, 0.2) is 11.6 Å². The summed E-state index contributed by atoms with van der Waals surface area (Å²) in [6, 6.07) is 1.04. The van der Waals surface area contributed by atoms with Crippen molar-refractivity contribution in [1.82, 2.24) is 0 Å². The minimum Gasteiger partial charge on any atom is -0.399 e. The van der Waals surface area contributed by atoms with E-state index in [2.05, 4.69) is 11.7 Å². The molecule has 1 atom stereocenters. The summed E-state index contributed by atoms with van der Waals surface area (Å²) in [5.74, 6) is -2.07. The number of unbranched alkanes of at least 4 members (excludes halogenated alkanes) is 2. The third-order valence-electron chi connectivity index (χ3n) is 6.61. The van der Waals surface area contributed by atoms with Crippen LogP contribution in [-0.4, -0.2) is 6.36 Å². The van der Waals surface area contributed by atoms with Gasteiger partial charge in [0.1, 0.15) is 0 Å². The smallest absolute Gasteiger partial charge is 0.399 e. The normalized spacial score (nSPS) is 25.4. The molecule has 0 N–H and O–H groups in total. The lowest BCUT2D eigenvalue weighted by molar-refractivity contribution is -0.276. The third-order valence-corrected chi connectivity index (χ3v) is 6.61. The highest BCUT2D eigenvalue weighted by molar-refractivity contribution is 5.41. The fraction of sp³-hybridized carbons (Fsp3) is 0.727. The molecule has 1 unspecified atom stereocenters. The number of fused-ring (bicyclic) bond motifs is 1. The molecule has 2 aliphatic rings. The van der Waals surface area contributed by atoms with E-state index in [1.807, 2.05) is 0 Å². The summed E-state index contributed by atoms with van der Waals surface area (Å²) in [7, 11) is 0. The van der Waals surface area contributed by atoms with Gasteiger partial charge in [-0.05, 0) is 67.1 Å². The Balaban J connectivity index is 1.62. The van der Waals surface area contributed by atoms with E-state index in [4.69, 9.17) is 0 Å². The van der Waals surface area contributed by atoms with E-state index in [1.54, 1.807) is 0 Å². The molecule has 0 bridgehead atoms. The molecule has 1 aromatic rings. The Morgan fingerprint density at radius 2 is 1.71 bits per heavy atom. The monoisotopic (exact) mass is 404 g/mol. The Morgan fingerprint density at radius 3 is 2.36 bits per heavy atom. The summed E-state index contributed by atoms with van der Waals surface area (Å²) in [4.78, 5) is 0. The van der Waals surface area contributed by atoms with Crippen molar-refractivity contribution in [1.29, 1.82) is 0 Å². The van der Waals surface area contributed by atoms with Crippen LogP contribution in [0.1, 0.15) is 75.8 Å². The van der Waals surface area contributed by atoms with Crippen molar-refractivity contribution in [3.05, 3.63) is 28.8 Å². The van der Waals surface area contributed by atoms with Gasteiger partial charge in [-0.2, -0.15) is 0 Å². The molecule has 28 heavy (non-hydrogen) atoms. The van der Waals surface area contributed by atoms with Gasteiger partial charge in [-0.15, -0.1) is 13.2 Å². The molecule has 0 aromatic heterocycles. The lowest BCUT2D eigenvalue weighted by Gasteiger charge is -2.36. The van der Waals surface area contributed by atoms with Gasteiger partial charge in [-0.1, -0.05) is 45.4 Å². The van der Waals surface area contributed by atoms with Crippen molar-refractivity contribution in [2.45, 2.75) is 83.9 Å². The van der Waals surface area contributed by atoms with Crippen molar-refractivity contribution in [2.24, 2.45) is 17.8 Å². The molecule has 0 radical (unpaired) electrons. The molecule has 2 aliphatic carbocycles. The minimum absolute atomic E-state index is 0.185. The third kappa shape index (κ3) is 5.18. The van der Waals surface area contributed by atoms with Crippen LogP contribution in [0, 0.1) is 29.4 Å². The zero-order valence-electron chi connectivity index (χ0n) is 16.4. The first-order valence-electron chi connectivity index (χ1n) is 10.5. The van der Waals surface area contributed by atoms with Gasteiger partial charge < -0.3 is 4.74 Å². The second-order valence-corrected chi connectivity index (χ2v) is 8.47. The zero-order chi connectivity index (χ0) is 20.3. The fourth-order valence-corrected chi connectivity index (χ4v) is 5.10. The van der Waals surface area contributed by atoms with E-state index in [1.165, 1.54) is 38.5 Å². The number of halogens is 5. The lowest BCUT2D eigenvalue weighted by atomic mass is 9.69. The number of ether oxygens (including phenoxy) is 1. The maximum atomic E-state index is 14.4. The van der Waals surface area contributed by atoms with Crippen molar-refractivity contribution in [3.8, 4) is 5.75 Å². The molecule has 1 nitrogen and oxygen atoms in total. The molecular weight excluding hydrogens is 375 g/mol. The van der Waals surface area contributed by atoms with Crippen LogP contribution in [0.4, 0.5) is 22.0 Å². The van der Waals surface area contributed by atoms with Crippen molar-refractivity contribution < 1.29 is 26.7 Å². The molecule has 1 aromatic carbocycles. The Hall–Kier alpha value is -1.33. The van der Waals surface area contributed by atoms with E-state index in [-0.39, 0.29) is 5.56 Å². The van der Waals surface area contributed by atoms with Crippen LogP contribution in [0.25, 0.3) is 0 Å². The topological polar surface area (TPSA) is 9.23 Å². The van der Waals surface area contributed by atoms with Crippen molar-refractivity contribution in [3.63, 3.8) is 0 Å². The highest BCUT2D eigenvalue weighted by Gasteiger charge is 2.37. The van der Waals surface area contributed by atoms with Crippen LogP contribution < -0.4 is 4.74 Å². The first-order valence-corrected chi connectivity index (χ1v) is 10.5. The Labute approximate surface area is 163 Å². The van der Waals surface area contributed by atoms with Gasteiger partial charge in [0.05, 0.1) is 0 Å². The van der Waals surface area contributed by atoms with Gasteiger partial charge in [0.25, 0.3) is 0 Å². The van der Waals surface area contributed by atoms with Gasteiger partial charge >= 0.3 is 6.36 Å². The van der Waals surface area contributed by atoms with Gasteiger partial charge in [-0.3, -0.25) is 0 Å². The van der Waals surface area contributed by atoms with Crippen LogP contribution in [-0.2, 0) is 12.8 Å². The van der Waals surface area contributed by atoms with E-state index >= 15 is 0 Å². The summed E-state index contributed by atoms with van der Waals surface area (Å²) < 4.78 is 69.3. The Kier molecular flexibility index (Phi) is 6.87. The summed E-state index contributed by atoms with van der Waals surface area (Å²) in [6.45, 7) is 2.21. The van der Waals surface area contributed by atoms with Crippen molar-refractivity contribution in [2.75, 3.05) is 0 Å². The summed E-state index contributed by atoms with van der Waals surface area (Å²) in [6.07, 6.45) is 6.38. The Bertz CT molecular complexity index is 662. The molecule has 0 amide bonds. The fourth-order valence-electron chi connectivity index (χ4n) is 5.10. The first kappa shape index (κ1) is 21.4. The standard InChI is InChI=1S/C22H29F5O/c1-2-3-4-5-14-6-8-15(9-7-14)16-10-11-18-17(12-16)13-19(23)21(20(18)24)28-22(25,26)27/h13-16H,2-12H2,1H3. The van der Waals surface area contributed by atoms with E-state index in [0.29, 0.717) is 30.2 Å². The average molecular weight is 404 g/mol. The van der Waals surface area contributed by atoms with Crippen LogP contribution in [0.5, 0.6) is 5.75 Å². The average Bonchev–Trinajstić information content (AvgIpc) is 2.65. The van der Waals surface area contributed by atoms with E-state index < -0.39 is 23.7 Å². The maximum absolute atomic E-state index is 14.4. The van der Waals surface area contributed by atoms with Crippen LogP contribution in [0.3, 0.4) is 0 Å². The molecular formula is C22H29F5O. The number of hydrogen-bond acceptors (Lipinski definition) is 1. The molecule has 6 heteroatoms. The number of hydrogen-bond donors (Lipinski definition) is 0. The van der Waals surface area contributed by atoms with E-state index in [9.17, 15) is 22.0 Å². The SMILES string of the molecule is CCCCCC1CCC(C2CCc3c(cc(F)c(OC(F)(F)F)c3F)C2)CC1. The highest BCUT2D eigenvalue weighted by Crippen LogP contribution is 2.43. The zero-order valence-corrected chi connectivity index (χ0v) is 16.4. The minimum atomic E-state index is -5.11. The summed E-state index contributed by atoms with van der Waals surface area (Å²) >= 11 is 0. The predicted molar refractivity (Wildman–Crippen MR) is 98.1 cm³/mol. The summed E-state index contributed by atoms with van der Waals surface area (Å²) in [5.41, 5.74) is 0.691. The summed E-state index contributed by atoms with van der Waals surface area (Å²) in [5, 5.41) is 0. The second kappa shape index (κ2) is 9.00. The maximum Gasteiger partial charge on any atom is 0.573 e. The molecule has 3 rings (SSSR count). The quantitative estimate of drug-likeness (QED) is 0.356. The lowest BCUT2D eigenvalue weighted by Crippen LogP contribution is -2.28. The molecule has 0 aliphatic heterocycles. The van der Waals surface area contributed by atoms with Gasteiger partial charge in [-0.25, -0.2) is 8.78 Å². The number of alkyl halides is 3. The van der Waals surface area contributed by atoms with Crippen molar-refractivity contribution >= 4 is 0 Å². The molecule has 0 saturated heterocycles. The highest BCUT2D eigenvalue weighted by atomic mass is 19.4. The van der Waals surface area contributed by atoms with Gasteiger partial charge in [0, 0.05) is 0 Å². The van der Waals surface area contributed by atoms with E-state index in [0.717, 1.165) is 31.2 Å². The largest absolute Gasteiger partial charge is 0.573 e. The predicted octanol–water partition coefficient (Wildman–Crippen LogP) is 7.36. The van der Waals surface area contributed by atoms with Crippen LogP contribution >= 0.6 is 0 Å². The molecule has 0 spiro atoms. The number of benzene rings is 1. The first-order chi connectivity index (χ1) is 13.3. The number of rotatable bonds is 6. The molecule has 1 saturated carbocycles. The molecule has 158 valence electrons. The van der Waals surface area contributed by atoms with Gasteiger partial charge in [0.2, 0.25) is 5.75 Å². The Morgan fingerprint density at radius 1 is 1.00 bits per heavy atom. The van der Waals surface area contributed by atoms with Crippen LogP contribution in [0.15, 0.2) is 6.07 Å². The van der Waals surface area contributed by atoms with Crippen LogP contribution in [0.2, 0.25) is 0 Å². The second-order valence-electron chi connectivity index (χ2n) is 8.47.